The zero-order valence-corrected chi connectivity index (χ0v) is 19.8. The van der Waals surface area contributed by atoms with E-state index >= 15 is 0 Å². The molecule has 176 valence electrons. The summed E-state index contributed by atoms with van der Waals surface area (Å²) in [5, 5.41) is 24.1. The molecule has 34 heavy (non-hydrogen) atoms. The lowest BCUT2D eigenvalue weighted by Crippen LogP contribution is -2.42. The summed E-state index contributed by atoms with van der Waals surface area (Å²) in [6, 6.07) is 13.6. The predicted molar refractivity (Wildman–Crippen MR) is 136 cm³/mol. The number of amides is 2. The van der Waals surface area contributed by atoms with E-state index in [9.17, 15) is 14.4 Å². The first kappa shape index (κ1) is 24.7. The van der Waals surface area contributed by atoms with Crippen molar-refractivity contribution in [1.82, 2.24) is 5.01 Å². The van der Waals surface area contributed by atoms with Gasteiger partial charge in [0.15, 0.2) is 5.17 Å². The van der Waals surface area contributed by atoms with E-state index in [0.29, 0.717) is 11.4 Å². The van der Waals surface area contributed by atoms with Crippen molar-refractivity contribution in [2.24, 2.45) is 5.10 Å². The summed E-state index contributed by atoms with van der Waals surface area (Å²) >= 11 is 0.941. The topological polar surface area (TPSA) is 126 Å². The van der Waals surface area contributed by atoms with Crippen molar-refractivity contribution in [2.75, 3.05) is 24.3 Å². The standard InChI is InChI=1S/C24H25N5O4S/c1-15(4-5-16-6-12-19(13-7-16)28(2)3)27-29-21(30)14-20(34-24(29)25)22(31)26-18-10-8-17(9-11-18)23(32)33/h4-13,20,25H,14H2,1-3H3,(H,26,31)(H,32,33)/b5-4-,25-24?,27-15?/t20-/m1/s1. The number of aromatic carboxylic acids is 1. The third-order valence-corrected chi connectivity index (χ3v) is 5.98. The highest BCUT2D eigenvalue weighted by atomic mass is 32.2. The first-order valence-corrected chi connectivity index (χ1v) is 11.2. The van der Waals surface area contributed by atoms with Crippen LogP contribution in [0.3, 0.4) is 0 Å². The smallest absolute Gasteiger partial charge is 0.335 e. The van der Waals surface area contributed by atoms with Crippen LogP contribution in [-0.2, 0) is 9.59 Å². The molecule has 1 aliphatic heterocycles. The number of amidine groups is 1. The Labute approximate surface area is 201 Å². The van der Waals surface area contributed by atoms with E-state index in [2.05, 4.69) is 10.4 Å². The second-order valence-corrected chi connectivity index (χ2v) is 8.95. The summed E-state index contributed by atoms with van der Waals surface area (Å²) in [6.07, 6.45) is 3.52. The molecule has 3 N–H and O–H groups in total. The molecule has 2 amide bonds. The first-order valence-electron chi connectivity index (χ1n) is 10.4. The Morgan fingerprint density at radius 1 is 1.18 bits per heavy atom. The number of benzene rings is 2. The minimum absolute atomic E-state index is 0.102. The number of hydrogen-bond acceptors (Lipinski definition) is 7. The number of thioether (sulfide) groups is 1. The monoisotopic (exact) mass is 479 g/mol. The normalized spacial score (nSPS) is 16.6. The highest BCUT2D eigenvalue weighted by Crippen LogP contribution is 2.27. The zero-order chi connectivity index (χ0) is 24.8. The minimum Gasteiger partial charge on any atom is -0.478 e. The van der Waals surface area contributed by atoms with Crippen LogP contribution >= 0.6 is 11.8 Å². The number of nitrogens with one attached hydrogen (secondary N) is 2. The molecule has 0 bridgehead atoms. The second kappa shape index (κ2) is 10.8. The van der Waals surface area contributed by atoms with Crippen molar-refractivity contribution in [1.29, 1.82) is 5.41 Å². The fourth-order valence-electron chi connectivity index (χ4n) is 3.04. The molecule has 2 aromatic rings. The van der Waals surface area contributed by atoms with E-state index in [4.69, 9.17) is 10.5 Å². The van der Waals surface area contributed by atoms with E-state index in [1.165, 1.54) is 24.3 Å². The molecule has 0 aromatic heterocycles. The maximum absolute atomic E-state index is 12.6. The van der Waals surface area contributed by atoms with Gasteiger partial charge in [0.05, 0.1) is 17.7 Å². The lowest BCUT2D eigenvalue weighted by molar-refractivity contribution is -0.129. The van der Waals surface area contributed by atoms with Gasteiger partial charge in [-0.25, -0.2) is 4.79 Å². The average molecular weight is 480 g/mol. The van der Waals surface area contributed by atoms with Crippen LogP contribution in [0.5, 0.6) is 0 Å². The summed E-state index contributed by atoms with van der Waals surface area (Å²) in [6.45, 7) is 1.73. The number of carboxylic acids is 1. The summed E-state index contributed by atoms with van der Waals surface area (Å²) < 4.78 is 0. The van der Waals surface area contributed by atoms with Crippen LogP contribution in [0, 0.1) is 5.41 Å². The fourth-order valence-corrected chi connectivity index (χ4v) is 3.95. The van der Waals surface area contributed by atoms with Gasteiger partial charge in [0.25, 0.3) is 5.91 Å². The van der Waals surface area contributed by atoms with Crippen molar-refractivity contribution in [3.8, 4) is 0 Å². The van der Waals surface area contributed by atoms with E-state index in [1.54, 1.807) is 13.0 Å². The number of carbonyl (C=O) groups is 3. The number of allylic oxidation sites excluding steroid dienone is 1. The third-order valence-electron chi connectivity index (χ3n) is 4.92. The van der Waals surface area contributed by atoms with Crippen LogP contribution in [0.2, 0.25) is 0 Å². The molecular weight excluding hydrogens is 454 g/mol. The molecule has 0 spiro atoms. The van der Waals surface area contributed by atoms with Crippen molar-refractivity contribution < 1.29 is 19.5 Å². The van der Waals surface area contributed by atoms with Gasteiger partial charge in [0, 0.05) is 25.5 Å². The SMILES string of the molecule is CC(/C=C\c1ccc(N(C)C)cc1)=NN1C(=N)S[C@@H](C(=O)Nc2ccc(C(=O)O)cc2)CC1=O. The lowest BCUT2D eigenvalue weighted by atomic mass is 10.1. The molecule has 1 atom stereocenters. The van der Waals surface area contributed by atoms with Crippen LogP contribution < -0.4 is 10.2 Å². The van der Waals surface area contributed by atoms with Crippen molar-refractivity contribution in [2.45, 2.75) is 18.6 Å². The van der Waals surface area contributed by atoms with Crippen molar-refractivity contribution >= 4 is 57.9 Å². The maximum Gasteiger partial charge on any atom is 0.335 e. The maximum atomic E-state index is 12.6. The molecule has 1 heterocycles. The molecule has 1 saturated heterocycles. The summed E-state index contributed by atoms with van der Waals surface area (Å²) in [5.41, 5.74) is 3.11. The Kier molecular flexibility index (Phi) is 7.85. The van der Waals surface area contributed by atoms with Crippen LogP contribution in [0.15, 0.2) is 59.7 Å². The largest absolute Gasteiger partial charge is 0.478 e. The number of carbonyl (C=O) groups excluding carboxylic acids is 2. The number of hydrazone groups is 1. The molecule has 0 unspecified atom stereocenters. The van der Waals surface area contributed by atoms with Gasteiger partial charge in [-0.2, -0.15) is 10.1 Å². The molecule has 1 aliphatic rings. The number of carboxylic acid groups (broad SMARTS) is 1. The van der Waals surface area contributed by atoms with Crippen LogP contribution in [-0.4, -0.2) is 58.1 Å². The van der Waals surface area contributed by atoms with Gasteiger partial charge < -0.3 is 15.3 Å². The van der Waals surface area contributed by atoms with Gasteiger partial charge in [0.2, 0.25) is 5.91 Å². The van der Waals surface area contributed by atoms with Crippen LogP contribution in [0.1, 0.15) is 29.3 Å². The fraction of sp³-hybridized carbons (Fsp3) is 0.208. The van der Waals surface area contributed by atoms with Crippen LogP contribution in [0.25, 0.3) is 6.08 Å². The van der Waals surface area contributed by atoms with Gasteiger partial charge in [-0.3, -0.25) is 15.0 Å². The number of rotatable bonds is 7. The Hall–Kier alpha value is -3.92. The van der Waals surface area contributed by atoms with Crippen LogP contribution in [0.4, 0.5) is 11.4 Å². The minimum atomic E-state index is -1.06. The number of nitrogens with zero attached hydrogens (tertiary/aromatic N) is 3. The molecular formula is C24H25N5O4S. The third kappa shape index (κ3) is 6.32. The summed E-state index contributed by atoms with van der Waals surface area (Å²) in [7, 11) is 3.94. The molecule has 0 radical (unpaired) electrons. The van der Waals surface area contributed by atoms with E-state index in [-0.39, 0.29) is 17.2 Å². The molecule has 0 saturated carbocycles. The van der Waals surface area contributed by atoms with E-state index in [0.717, 1.165) is 28.0 Å². The molecule has 0 aliphatic carbocycles. The summed E-state index contributed by atoms with van der Waals surface area (Å²) in [4.78, 5) is 38.1. The van der Waals surface area contributed by atoms with Crippen molar-refractivity contribution in [3.63, 3.8) is 0 Å². The molecule has 3 rings (SSSR count). The highest BCUT2D eigenvalue weighted by Gasteiger charge is 2.35. The average Bonchev–Trinajstić information content (AvgIpc) is 2.80. The molecule has 10 heteroatoms. The first-order chi connectivity index (χ1) is 16.1. The molecule has 1 fully saturated rings. The van der Waals surface area contributed by atoms with Gasteiger partial charge in [-0.1, -0.05) is 30.0 Å². The Morgan fingerprint density at radius 3 is 2.38 bits per heavy atom. The number of anilines is 2. The predicted octanol–water partition coefficient (Wildman–Crippen LogP) is 3.75. The van der Waals surface area contributed by atoms with E-state index < -0.39 is 23.0 Å². The Balaban J connectivity index is 1.60. The highest BCUT2D eigenvalue weighted by molar-refractivity contribution is 8.14. The zero-order valence-electron chi connectivity index (χ0n) is 19.0. The Morgan fingerprint density at radius 2 is 1.82 bits per heavy atom. The lowest BCUT2D eigenvalue weighted by Gasteiger charge is -2.27. The summed E-state index contributed by atoms with van der Waals surface area (Å²) in [5.74, 6) is -1.95. The molecule has 9 nitrogen and oxygen atoms in total. The van der Waals surface area contributed by atoms with Gasteiger partial charge in [-0.05, 0) is 55.0 Å². The van der Waals surface area contributed by atoms with Crippen molar-refractivity contribution in [3.05, 3.63) is 65.7 Å². The van der Waals surface area contributed by atoms with Gasteiger partial charge in [-0.15, -0.1) is 0 Å². The van der Waals surface area contributed by atoms with Gasteiger partial charge in [0.1, 0.15) is 5.25 Å². The van der Waals surface area contributed by atoms with Gasteiger partial charge >= 0.3 is 5.97 Å². The quantitative estimate of drug-likeness (QED) is 0.519. The molecule has 2 aromatic carbocycles. The number of hydrogen-bond donors (Lipinski definition) is 3. The Bertz CT molecular complexity index is 1140. The van der Waals surface area contributed by atoms with E-state index in [1.807, 2.05) is 49.3 Å². The second-order valence-electron chi connectivity index (χ2n) is 7.75.